The zero-order chi connectivity index (χ0) is 19.1. The van der Waals surface area contributed by atoms with E-state index in [-0.39, 0.29) is 30.8 Å². The van der Waals surface area contributed by atoms with Gasteiger partial charge in [0.2, 0.25) is 12.0 Å². The van der Waals surface area contributed by atoms with Crippen molar-refractivity contribution in [1.29, 1.82) is 0 Å². The molecule has 3 rings (SSSR count). The van der Waals surface area contributed by atoms with Crippen LogP contribution in [0.5, 0.6) is 0 Å². The zero-order valence-corrected chi connectivity index (χ0v) is 14.9. The van der Waals surface area contributed by atoms with Gasteiger partial charge in [0.05, 0.1) is 6.42 Å². The van der Waals surface area contributed by atoms with E-state index in [4.69, 9.17) is 4.74 Å². The summed E-state index contributed by atoms with van der Waals surface area (Å²) in [5.41, 5.74) is 1.45. The smallest absolute Gasteiger partial charge is 0.326 e. The van der Waals surface area contributed by atoms with Crippen LogP contribution in [0.3, 0.4) is 0 Å². The molecule has 0 aromatic heterocycles. The molecule has 1 atom stereocenters. The number of amides is 2. The predicted octanol–water partition coefficient (Wildman–Crippen LogP) is 1.91. The summed E-state index contributed by atoms with van der Waals surface area (Å²) >= 11 is 0. The van der Waals surface area contributed by atoms with Crippen LogP contribution in [0.15, 0.2) is 60.7 Å². The molecule has 2 aromatic carbocycles. The molecule has 6 nitrogen and oxygen atoms in total. The van der Waals surface area contributed by atoms with Crippen molar-refractivity contribution < 1.29 is 19.1 Å². The summed E-state index contributed by atoms with van der Waals surface area (Å²) in [5, 5.41) is 5.39. The lowest BCUT2D eigenvalue weighted by atomic mass is 10.1. The normalized spacial score (nSPS) is 14.1. The summed E-state index contributed by atoms with van der Waals surface area (Å²) < 4.78 is 5.36. The molecular weight excluding hydrogens is 344 g/mol. The van der Waals surface area contributed by atoms with Crippen LogP contribution in [-0.4, -0.2) is 30.4 Å². The van der Waals surface area contributed by atoms with Crippen molar-refractivity contribution in [2.75, 3.05) is 6.54 Å². The number of hydrogen-bond donors (Lipinski definition) is 2. The quantitative estimate of drug-likeness (QED) is 0.699. The first-order valence-corrected chi connectivity index (χ1v) is 8.97. The van der Waals surface area contributed by atoms with E-state index < -0.39 is 12.1 Å². The van der Waals surface area contributed by atoms with Gasteiger partial charge in [-0.05, 0) is 18.4 Å². The SMILES string of the molecule is O=C(Cc1ccccc1)NCC(=O)O[C@@H](C(=O)NC1CC1)c1ccccc1. The van der Waals surface area contributed by atoms with E-state index in [1.165, 1.54) is 0 Å². The summed E-state index contributed by atoms with van der Waals surface area (Å²) in [7, 11) is 0. The largest absolute Gasteiger partial charge is 0.446 e. The van der Waals surface area contributed by atoms with Crippen LogP contribution in [0, 0.1) is 0 Å². The van der Waals surface area contributed by atoms with Gasteiger partial charge in [0.25, 0.3) is 5.91 Å². The summed E-state index contributed by atoms with van der Waals surface area (Å²) in [5.74, 6) is -1.28. The maximum Gasteiger partial charge on any atom is 0.326 e. The summed E-state index contributed by atoms with van der Waals surface area (Å²) in [4.78, 5) is 36.6. The van der Waals surface area contributed by atoms with Gasteiger partial charge < -0.3 is 15.4 Å². The third kappa shape index (κ3) is 5.95. The third-order valence-electron chi connectivity index (χ3n) is 4.15. The molecule has 1 aliphatic rings. The number of esters is 1. The van der Waals surface area contributed by atoms with Crippen LogP contribution in [0.25, 0.3) is 0 Å². The Labute approximate surface area is 157 Å². The van der Waals surface area contributed by atoms with Crippen molar-refractivity contribution in [3.8, 4) is 0 Å². The monoisotopic (exact) mass is 366 g/mol. The van der Waals surface area contributed by atoms with Gasteiger partial charge in [0, 0.05) is 11.6 Å². The lowest BCUT2D eigenvalue weighted by molar-refractivity contribution is -0.156. The predicted molar refractivity (Wildman–Crippen MR) is 99.6 cm³/mol. The molecule has 1 aliphatic carbocycles. The Bertz CT molecular complexity index is 788. The Morgan fingerprint density at radius 3 is 2.22 bits per heavy atom. The van der Waals surface area contributed by atoms with Crippen molar-refractivity contribution in [1.82, 2.24) is 10.6 Å². The second kappa shape index (κ2) is 8.98. The minimum Gasteiger partial charge on any atom is -0.446 e. The molecule has 6 heteroatoms. The fourth-order valence-electron chi connectivity index (χ4n) is 2.59. The number of ether oxygens (including phenoxy) is 1. The molecule has 2 amide bonds. The molecule has 0 heterocycles. The Morgan fingerprint density at radius 1 is 0.963 bits per heavy atom. The van der Waals surface area contributed by atoms with Crippen LogP contribution in [0.2, 0.25) is 0 Å². The van der Waals surface area contributed by atoms with E-state index in [0.29, 0.717) is 5.56 Å². The number of benzene rings is 2. The molecule has 1 saturated carbocycles. The van der Waals surface area contributed by atoms with Crippen LogP contribution in [0.4, 0.5) is 0 Å². The number of carbonyl (C=O) groups is 3. The van der Waals surface area contributed by atoms with Crippen LogP contribution < -0.4 is 10.6 Å². The second-order valence-electron chi connectivity index (χ2n) is 6.50. The molecule has 0 radical (unpaired) electrons. The Morgan fingerprint density at radius 2 is 1.59 bits per heavy atom. The van der Waals surface area contributed by atoms with E-state index in [1.54, 1.807) is 24.3 Å². The molecule has 0 spiro atoms. The number of rotatable bonds is 8. The van der Waals surface area contributed by atoms with Crippen molar-refractivity contribution in [3.05, 3.63) is 71.8 Å². The van der Waals surface area contributed by atoms with Crippen LogP contribution in [-0.2, 0) is 25.5 Å². The van der Waals surface area contributed by atoms with E-state index in [2.05, 4.69) is 10.6 Å². The van der Waals surface area contributed by atoms with Crippen molar-refractivity contribution in [3.63, 3.8) is 0 Å². The Hall–Kier alpha value is -3.15. The maximum absolute atomic E-state index is 12.4. The summed E-state index contributed by atoms with van der Waals surface area (Å²) in [6.07, 6.45) is 1.04. The molecule has 0 bridgehead atoms. The van der Waals surface area contributed by atoms with Crippen LogP contribution >= 0.6 is 0 Å². The highest BCUT2D eigenvalue weighted by atomic mass is 16.5. The van der Waals surface area contributed by atoms with Crippen molar-refractivity contribution in [2.24, 2.45) is 0 Å². The molecule has 27 heavy (non-hydrogen) atoms. The Balaban J connectivity index is 1.54. The average molecular weight is 366 g/mol. The Kier molecular flexibility index (Phi) is 6.20. The molecule has 140 valence electrons. The summed E-state index contributed by atoms with van der Waals surface area (Å²) in [6, 6.07) is 18.3. The average Bonchev–Trinajstić information content (AvgIpc) is 3.50. The first kappa shape index (κ1) is 18.6. The highest BCUT2D eigenvalue weighted by molar-refractivity contribution is 5.87. The van der Waals surface area contributed by atoms with Gasteiger partial charge in [-0.2, -0.15) is 0 Å². The van der Waals surface area contributed by atoms with Gasteiger partial charge in [0.15, 0.2) is 0 Å². The molecule has 0 unspecified atom stereocenters. The lowest BCUT2D eigenvalue weighted by Gasteiger charge is -2.18. The van der Waals surface area contributed by atoms with Crippen LogP contribution in [0.1, 0.15) is 30.1 Å². The molecule has 1 fully saturated rings. The maximum atomic E-state index is 12.4. The molecule has 2 N–H and O–H groups in total. The van der Waals surface area contributed by atoms with E-state index >= 15 is 0 Å². The fourth-order valence-corrected chi connectivity index (χ4v) is 2.59. The standard InChI is InChI=1S/C21H22N2O4/c24-18(13-15-7-3-1-4-8-15)22-14-19(25)27-20(16-9-5-2-6-10-16)21(26)23-17-11-12-17/h1-10,17,20H,11-14H2,(H,22,24)(H,23,26)/t20-/m1/s1. The number of carbonyl (C=O) groups excluding carboxylic acids is 3. The van der Waals surface area contributed by atoms with Crippen molar-refractivity contribution >= 4 is 17.8 Å². The molecule has 2 aromatic rings. The topological polar surface area (TPSA) is 84.5 Å². The lowest BCUT2D eigenvalue weighted by Crippen LogP contribution is -2.37. The zero-order valence-electron chi connectivity index (χ0n) is 14.9. The molecular formula is C21H22N2O4. The minimum absolute atomic E-state index is 0.160. The van der Waals surface area contributed by atoms with Gasteiger partial charge in [-0.25, -0.2) is 0 Å². The number of hydrogen-bond acceptors (Lipinski definition) is 4. The highest BCUT2D eigenvalue weighted by Gasteiger charge is 2.30. The van der Waals surface area contributed by atoms with E-state index in [0.717, 1.165) is 18.4 Å². The van der Waals surface area contributed by atoms with Gasteiger partial charge >= 0.3 is 5.97 Å². The summed E-state index contributed by atoms with van der Waals surface area (Å²) in [6.45, 7) is -0.286. The van der Waals surface area contributed by atoms with E-state index in [1.807, 2.05) is 36.4 Å². The highest BCUT2D eigenvalue weighted by Crippen LogP contribution is 2.23. The minimum atomic E-state index is -1.02. The van der Waals surface area contributed by atoms with Gasteiger partial charge in [0.1, 0.15) is 6.54 Å². The first-order chi connectivity index (χ1) is 13.1. The van der Waals surface area contributed by atoms with Gasteiger partial charge in [-0.1, -0.05) is 60.7 Å². The molecule has 0 saturated heterocycles. The van der Waals surface area contributed by atoms with E-state index in [9.17, 15) is 14.4 Å². The van der Waals surface area contributed by atoms with Crippen molar-refractivity contribution in [2.45, 2.75) is 31.4 Å². The van der Waals surface area contributed by atoms with Gasteiger partial charge in [-0.15, -0.1) is 0 Å². The number of nitrogens with one attached hydrogen (secondary N) is 2. The molecule has 0 aliphatic heterocycles. The van der Waals surface area contributed by atoms with Gasteiger partial charge in [-0.3, -0.25) is 14.4 Å². The fraction of sp³-hybridized carbons (Fsp3) is 0.286. The third-order valence-corrected chi connectivity index (χ3v) is 4.15. The first-order valence-electron chi connectivity index (χ1n) is 8.97. The second-order valence-corrected chi connectivity index (χ2v) is 6.50.